The van der Waals surface area contributed by atoms with E-state index in [4.69, 9.17) is 4.74 Å². The second-order valence-corrected chi connectivity index (χ2v) is 7.31. The summed E-state index contributed by atoms with van der Waals surface area (Å²) >= 11 is 1.41. The van der Waals surface area contributed by atoms with Crippen molar-refractivity contribution in [3.8, 4) is 10.4 Å². The van der Waals surface area contributed by atoms with E-state index in [1.807, 2.05) is 12.1 Å². The summed E-state index contributed by atoms with van der Waals surface area (Å²) in [5, 5.41) is 0. The molecule has 1 aliphatic rings. The Morgan fingerprint density at radius 1 is 1.11 bits per heavy atom. The fourth-order valence-electron chi connectivity index (χ4n) is 2.96. The molecule has 3 aromatic rings. The van der Waals surface area contributed by atoms with Crippen LogP contribution in [0, 0.1) is 5.82 Å². The molecule has 4 nitrogen and oxygen atoms in total. The van der Waals surface area contributed by atoms with Crippen LogP contribution in [0.4, 0.5) is 14.9 Å². The number of ketones is 1. The van der Waals surface area contributed by atoms with Gasteiger partial charge in [-0.3, -0.25) is 9.69 Å². The van der Waals surface area contributed by atoms with Crippen molar-refractivity contribution in [2.75, 3.05) is 18.1 Å². The monoisotopic (exact) mass is 393 g/mol. The van der Waals surface area contributed by atoms with Crippen molar-refractivity contribution in [3.05, 3.63) is 83.0 Å². The van der Waals surface area contributed by atoms with E-state index in [-0.39, 0.29) is 11.6 Å². The minimum absolute atomic E-state index is 0.171. The molecule has 0 spiro atoms. The van der Waals surface area contributed by atoms with Gasteiger partial charge in [-0.2, -0.15) is 0 Å². The molecular formula is C22H16FNO3S. The van der Waals surface area contributed by atoms with Gasteiger partial charge in [0.05, 0.1) is 6.54 Å². The zero-order valence-corrected chi connectivity index (χ0v) is 15.6. The van der Waals surface area contributed by atoms with Crippen LogP contribution >= 0.6 is 11.3 Å². The Labute approximate surface area is 165 Å². The van der Waals surface area contributed by atoms with Gasteiger partial charge < -0.3 is 4.74 Å². The summed E-state index contributed by atoms with van der Waals surface area (Å²) in [6.07, 6.45) is 2.80. The van der Waals surface area contributed by atoms with Gasteiger partial charge in [-0.1, -0.05) is 30.3 Å². The minimum Gasteiger partial charge on any atom is -0.447 e. The predicted molar refractivity (Wildman–Crippen MR) is 108 cm³/mol. The third-order valence-corrected chi connectivity index (χ3v) is 5.45. The van der Waals surface area contributed by atoms with Gasteiger partial charge in [-0.25, -0.2) is 9.18 Å². The molecule has 0 aliphatic carbocycles. The zero-order chi connectivity index (χ0) is 19.5. The number of hydrogen-bond acceptors (Lipinski definition) is 4. The number of nitrogens with zero attached hydrogens (tertiary/aromatic N) is 1. The lowest BCUT2D eigenvalue weighted by molar-refractivity contribution is 0.104. The van der Waals surface area contributed by atoms with E-state index in [2.05, 4.69) is 0 Å². The molecule has 28 heavy (non-hydrogen) atoms. The van der Waals surface area contributed by atoms with Gasteiger partial charge in [0.15, 0.2) is 5.78 Å². The van der Waals surface area contributed by atoms with Crippen LogP contribution in [-0.4, -0.2) is 25.0 Å². The van der Waals surface area contributed by atoms with Crippen molar-refractivity contribution in [1.82, 2.24) is 0 Å². The SMILES string of the molecule is O=C(/C=C/c1ccc(-c2ccccc2F)s1)c1cccc(N2CCOC2=O)c1. The van der Waals surface area contributed by atoms with Gasteiger partial charge in [-0.05, 0) is 42.5 Å². The average Bonchev–Trinajstić information content (AvgIpc) is 3.35. The number of ether oxygens (including phenoxy) is 1. The van der Waals surface area contributed by atoms with Crippen LogP contribution in [0.25, 0.3) is 16.5 Å². The lowest BCUT2D eigenvalue weighted by Crippen LogP contribution is -2.23. The third kappa shape index (κ3) is 3.73. The molecule has 1 fully saturated rings. The second-order valence-electron chi connectivity index (χ2n) is 6.20. The molecule has 2 heterocycles. The number of benzene rings is 2. The maximum absolute atomic E-state index is 13.9. The van der Waals surface area contributed by atoms with Gasteiger partial charge in [0.1, 0.15) is 12.4 Å². The normalized spacial score (nSPS) is 13.9. The van der Waals surface area contributed by atoms with E-state index in [0.717, 1.165) is 9.75 Å². The number of thiophene rings is 1. The summed E-state index contributed by atoms with van der Waals surface area (Å²) in [7, 11) is 0. The smallest absolute Gasteiger partial charge is 0.414 e. The third-order valence-electron chi connectivity index (χ3n) is 4.37. The highest BCUT2D eigenvalue weighted by Gasteiger charge is 2.23. The molecule has 0 atom stereocenters. The first-order chi connectivity index (χ1) is 13.6. The molecule has 2 aromatic carbocycles. The summed E-state index contributed by atoms with van der Waals surface area (Å²) in [4.78, 5) is 27.4. The maximum atomic E-state index is 13.9. The topological polar surface area (TPSA) is 46.6 Å². The fourth-order valence-corrected chi connectivity index (χ4v) is 3.89. The van der Waals surface area contributed by atoms with E-state index >= 15 is 0 Å². The van der Waals surface area contributed by atoms with Crippen molar-refractivity contribution in [1.29, 1.82) is 0 Å². The molecule has 0 N–H and O–H groups in total. The van der Waals surface area contributed by atoms with Crippen LogP contribution in [0.5, 0.6) is 0 Å². The van der Waals surface area contributed by atoms with E-state index < -0.39 is 6.09 Å². The lowest BCUT2D eigenvalue weighted by atomic mass is 10.1. The highest BCUT2D eigenvalue weighted by molar-refractivity contribution is 7.16. The van der Waals surface area contributed by atoms with E-state index in [1.54, 1.807) is 48.5 Å². The number of allylic oxidation sites excluding steroid dienone is 1. The Kier molecular flexibility index (Phi) is 5.04. The van der Waals surface area contributed by atoms with Crippen LogP contribution in [-0.2, 0) is 4.74 Å². The van der Waals surface area contributed by atoms with Crippen LogP contribution < -0.4 is 4.90 Å². The van der Waals surface area contributed by atoms with Crippen LogP contribution in [0.1, 0.15) is 15.2 Å². The first-order valence-corrected chi connectivity index (χ1v) is 9.55. The van der Waals surface area contributed by atoms with E-state index in [9.17, 15) is 14.0 Å². The fraction of sp³-hybridized carbons (Fsp3) is 0.0909. The number of cyclic esters (lactones) is 1. The maximum Gasteiger partial charge on any atom is 0.414 e. The summed E-state index contributed by atoms with van der Waals surface area (Å²) in [6, 6.07) is 17.2. The molecule has 0 radical (unpaired) electrons. The van der Waals surface area contributed by atoms with Crippen molar-refractivity contribution < 1.29 is 18.7 Å². The van der Waals surface area contributed by atoms with E-state index in [0.29, 0.717) is 30.0 Å². The number of carbonyl (C=O) groups is 2. The second kappa shape index (κ2) is 7.78. The first-order valence-electron chi connectivity index (χ1n) is 8.73. The van der Waals surface area contributed by atoms with Crippen molar-refractivity contribution in [2.45, 2.75) is 0 Å². The molecule has 0 bridgehead atoms. The molecule has 140 valence electrons. The van der Waals surface area contributed by atoms with Crippen molar-refractivity contribution in [2.24, 2.45) is 0 Å². The molecule has 4 rings (SSSR count). The van der Waals surface area contributed by atoms with Crippen LogP contribution in [0.2, 0.25) is 0 Å². The number of halogens is 1. The first kappa shape index (κ1) is 18.1. The Morgan fingerprint density at radius 2 is 1.96 bits per heavy atom. The Bertz CT molecular complexity index is 1070. The standard InChI is InChI=1S/C22H16FNO3S/c23-19-7-2-1-6-18(19)21-11-9-17(28-21)8-10-20(25)15-4-3-5-16(14-15)24-12-13-27-22(24)26/h1-11,14H,12-13H2/b10-8+. The molecule has 0 unspecified atom stereocenters. The zero-order valence-electron chi connectivity index (χ0n) is 14.8. The number of carbonyl (C=O) groups excluding carboxylic acids is 2. The number of amides is 1. The molecule has 1 saturated heterocycles. The summed E-state index contributed by atoms with van der Waals surface area (Å²) < 4.78 is 18.8. The average molecular weight is 393 g/mol. The number of rotatable bonds is 5. The van der Waals surface area contributed by atoms with Crippen LogP contribution in [0.15, 0.2) is 66.7 Å². The van der Waals surface area contributed by atoms with Gasteiger partial charge in [-0.15, -0.1) is 11.3 Å². The summed E-state index contributed by atoms with van der Waals surface area (Å²) in [6.45, 7) is 0.819. The van der Waals surface area contributed by atoms with Gasteiger partial charge in [0, 0.05) is 26.6 Å². The van der Waals surface area contributed by atoms with Gasteiger partial charge >= 0.3 is 6.09 Å². The number of hydrogen-bond donors (Lipinski definition) is 0. The van der Waals surface area contributed by atoms with E-state index in [1.165, 1.54) is 28.4 Å². The number of anilines is 1. The highest BCUT2D eigenvalue weighted by atomic mass is 32.1. The molecule has 6 heteroatoms. The predicted octanol–water partition coefficient (Wildman–Crippen LogP) is 5.41. The molecule has 1 aromatic heterocycles. The molecule has 1 aliphatic heterocycles. The summed E-state index contributed by atoms with van der Waals surface area (Å²) in [5.41, 5.74) is 1.67. The highest BCUT2D eigenvalue weighted by Crippen LogP contribution is 2.30. The van der Waals surface area contributed by atoms with Gasteiger partial charge in [0.2, 0.25) is 0 Å². The summed E-state index contributed by atoms with van der Waals surface area (Å²) in [5.74, 6) is -0.441. The minimum atomic E-state index is -0.403. The molecular weight excluding hydrogens is 377 g/mol. The molecule has 0 saturated carbocycles. The lowest BCUT2D eigenvalue weighted by Gasteiger charge is -2.13. The quantitative estimate of drug-likeness (QED) is 0.430. The Morgan fingerprint density at radius 3 is 2.75 bits per heavy atom. The van der Waals surface area contributed by atoms with Gasteiger partial charge in [0.25, 0.3) is 0 Å². The van der Waals surface area contributed by atoms with Crippen molar-refractivity contribution >= 4 is 35.0 Å². The molecule has 1 amide bonds. The Hall–Kier alpha value is -3.25. The Balaban J connectivity index is 1.51. The largest absolute Gasteiger partial charge is 0.447 e. The van der Waals surface area contributed by atoms with Crippen molar-refractivity contribution in [3.63, 3.8) is 0 Å². The van der Waals surface area contributed by atoms with Crippen LogP contribution in [0.3, 0.4) is 0 Å².